The number of halogens is 2. The average molecular weight is 473 g/mol. The van der Waals surface area contributed by atoms with Gasteiger partial charge in [0.2, 0.25) is 11.8 Å². The van der Waals surface area contributed by atoms with Gasteiger partial charge in [-0.1, -0.05) is 46.3 Å². The van der Waals surface area contributed by atoms with Gasteiger partial charge in [-0.3, -0.25) is 9.59 Å². The minimum Gasteiger partial charge on any atom is -0.355 e. The van der Waals surface area contributed by atoms with Crippen LogP contribution in [-0.4, -0.2) is 36.3 Å². The Bertz CT molecular complexity index is 938. The van der Waals surface area contributed by atoms with Gasteiger partial charge in [0.05, 0.1) is 5.92 Å². The van der Waals surface area contributed by atoms with Crippen LogP contribution in [0.5, 0.6) is 0 Å². The number of piperidine rings is 2. The molecule has 1 spiro atoms. The average Bonchev–Trinajstić information content (AvgIpc) is 2.75. The Hall–Kier alpha value is -2.21. The number of nitrogens with zero attached hydrogens (tertiary/aromatic N) is 1. The van der Waals surface area contributed by atoms with Gasteiger partial charge in [-0.2, -0.15) is 0 Å². The summed E-state index contributed by atoms with van der Waals surface area (Å²) in [6.45, 7) is 3.78. The third-order valence-electron chi connectivity index (χ3n) is 6.84. The van der Waals surface area contributed by atoms with Crippen LogP contribution >= 0.6 is 15.9 Å². The SMILES string of the molecule is CC(C(=O)N1CCC2(CC1)CC(=O)NCC2c1ccc(F)cc1)c1ccccc1Br. The zero-order valence-electron chi connectivity index (χ0n) is 17.0. The van der Waals surface area contributed by atoms with E-state index in [9.17, 15) is 14.0 Å². The molecule has 0 saturated carbocycles. The van der Waals surface area contributed by atoms with Crippen LogP contribution in [0.3, 0.4) is 0 Å². The lowest BCUT2D eigenvalue weighted by Gasteiger charge is -2.49. The molecule has 158 valence electrons. The van der Waals surface area contributed by atoms with Gasteiger partial charge in [0, 0.05) is 36.4 Å². The first-order valence-corrected chi connectivity index (χ1v) is 11.2. The maximum absolute atomic E-state index is 13.4. The molecule has 1 N–H and O–H groups in total. The molecule has 0 aliphatic carbocycles. The topological polar surface area (TPSA) is 49.4 Å². The van der Waals surface area contributed by atoms with Crippen LogP contribution in [-0.2, 0) is 9.59 Å². The molecule has 2 heterocycles. The Kier molecular flexibility index (Phi) is 5.96. The summed E-state index contributed by atoms with van der Waals surface area (Å²) in [5.41, 5.74) is 1.86. The fourth-order valence-corrected chi connectivity index (χ4v) is 5.66. The Morgan fingerprint density at radius 3 is 2.50 bits per heavy atom. The van der Waals surface area contributed by atoms with Crippen molar-refractivity contribution in [1.29, 1.82) is 0 Å². The second-order valence-electron chi connectivity index (χ2n) is 8.52. The number of likely N-dealkylation sites (tertiary alicyclic amines) is 1. The lowest BCUT2D eigenvalue weighted by Crippen LogP contribution is -2.53. The highest BCUT2D eigenvalue weighted by molar-refractivity contribution is 9.10. The van der Waals surface area contributed by atoms with E-state index in [4.69, 9.17) is 0 Å². The highest BCUT2D eigenvalue weighted by Gasteiger charge is 2.47. The predicted molar refractivity (Wildman–Crippen MR) is 118 cm³/mol. The third-order valence-corrected chi connectivity index (χ3v) is 7.56. The van der Waals surface area contributed by atoms with E-state index in [1.807, 2.05) is 48.2 Å². The molecule has 2 amide bonds. The molecule has 30 heavy (non-hydrogen) atoms. The minimum absolute atomic E-state index is 0.0646. The standard InChI is InChI=1S/C24H26BrFN2O2/c1-16(19-4-2-3-5-21(19)25)23(30)28-12-10-24(11-13-28)14-22(29)27-15-20(24)17-6-8-18(26)9-7-17/h2-9,16,20H,10-15H2,1H3,(H,27,29). The van der Waals surface area contributed by atoms with Crippen molar-refractivity contribution in [2.45, 2.75) is 38.0 Å². The maximum Gasteiger partial charge on any atom is 0.229 e. The van der Waals surface area contributed by atoms with Gasteiger partial charge in [-0.15, -0.1) is 0 Å². The molecule has 4 rings (SSSR count). The molecule has 2 atom stereocenters. The highest BCUT2D eigenvalue weighted by atomic mass is 79.9. The smallest absolute Gasteiger partial charge is 0.229 e. The number of amides is 2. The molecule has 4 nitrogen and oxygen atoms in total. The number of carbonyl (C=O) groups excluding carboxylic acids is 2. The van der Waals surface area contributed by atoms with Crippen molar-refractivity contribution in [1.82, 2.24) is 10.2 Å². The molecule has 2 aliphatic heterocycles. The lowest BCUT2D eigenvalue weighted by atomic mass is 9.62. The maximum atomic E-state index is 13.4. The molecule has 6 heteroatoms. The molecular formula is C24H26BrFN2O2. The summed E-state index contributed by atoms with van der Waals surface area (Å²) in [7, 11) is 0. The largest absolute Gasteiger partial charge is 0.355 e. The van der Waals surface area contributed by atoms with Crippen molar-refractivity contribution in [3.05, 3.63) is 69.9 Å². The second-order valence-corrected chi connectivity index (χ2v) is 9.37. The van der Waals surface area contributed by atoms with E-state index in [1.165, 1.54) is 12.1 Å². The van der Waals surface area contributed by atoms with Gasteiger partial charge in [-0.25, -0.2) is 4.39 Å². The molecule has 0 bridgehead atoms. The molecule has 2 unspecified atom stereocenters. The molecule has 0 radical (unpaired) electrons. The Morgan fingerprint density at radius 2 is 1.83 bits per heavy atom. The summed E-state index contributed by atoms with van der Waals surface area (Å²) < 4.78 is 14.4. The van der Waals surface area contributed by atoms with Crippen LogP contribution in [0.15, 0.2) is 53.0 Å². The molecule has 0 aromatic heterocycles. The number of hydrogen-bond donors (Lipinski definition) is 1. The fraction of sp³-hybridized carbons (Fsp3) is 0.417. The van der Waals surface area contributed by atoms with Crippen molar-refractivity contribution in [2.24, 2.45) is 5.41 Å². The number of carbonyl (C=O) groups is 2. The van der Waals surface area contributed by atoms with Gasteiger partial charge in [-0.05, 0) is 54.5 Å². The summed E-state index contributed by atoms with van der Waals surface area (Å²) in [5.74, 6) is -0.162. The van der Waals surface area contributed by atoms with Crippen molar-refractivity contribution in [2.75, 3.05) is 19.6 Å². The van der Waals surface area contributed by atoms with Gasteiger partial charge < -0.3 is 10.2 Å². The van der Waals surface area contributed by atoms with E-state index in [2.05, 4.69) is 21.2 Å². The Labute approximate surface area is 185 Å². The van der Waals surface area contributed by atoms with Crippen molar-refractivity contribution in [3.63, 3.8) is 0 Å². The minimum atomic E-state index is -0.255. The number of hydrogen-bond acceptors (Lipinski definition) is 2. The molecule has 2 fully saturated rings. The third kappa shape index (κ3) is 4.02. The van der Waals surface area contributed by atoms with Crippen LogP contribution in [0.25, 0.3) is 0 Å². The first-order chi connectivity index (χ1) is 14.4. The second kappa shape index (κ2) is 8.50. The molecular weight excluding hydrogens is 447 g/mol. The van der Waals surface area contributed by atoms with E-state index in [0.717, 1.165) is 28.4 Å². The number of benzene rings is 2. The first-order valence-electron chi connectivity index (χ1n) is 10.4. The summed E-state index contributed by atoms with van der Waals surface area (Å²) in [6, 6.07) is 14.4. The molecule has 2 aromatic carbocycles. The zero-order valence-corrected chi connectivity index (χ0v) is 18.6. The van der Waals surface area contributed by atoms with Crippen molar-refractivity contribution < 1.29 is 14.0 Å². The number of rotatable bonds is 3. The summed E-state index contributed by atoms with van der Waals surface area (Å²) in [4.78, 5) is 27.4. The van der Waals surface area contributed by atoms with Crippen LogP contribution in [0.2, 0.25) is 0 Å². The normalized spacial score (nSPS) is 21.9. The Balaban J connectivity index is 1.50. The van der Waals surface area contributed by atoms with Crippen molar-refractivity contribution >= 4 is 27.7 Å². The summed E-state index contributed by atoms with van der Waals surface area (Å²) >= 11 is 3.55. The quantitative estimate of drug-likeness (QED) is 0.709. The molecule has 2 aliphatic rings. The van der Waals surface area contributed by atoms with E-state index in [-0.39, 0.29) is 34.9 Å². The highest BCUT2D eigenvalue weighted by Crippen LogP contribution is 2.49. The van der Waals surface area contributed by atoms with Gasteiger partial charge in [0.1, 0.15) is 5.82 Å². The zero-order chi connectivity index (χ0) is 21.3. The van der Waals surface area contributed by atoms with E-state index < -0.39 is 0 Å². The predicted octanol–water partition coefficient (Wildman–Crippen LogP) is 4.60. The fourth-order valence-electron chi connectivity index (χ4n) is 5.04. The summed E-state index contributed by atoms with van der Waals surface area (Å²) in [6.07, 6.45) is 2.00. The van der Waals surface area contributed by atoms with Crippen LogP contribution < -0.4 is 5.32 Å². The number of nitrogens with one attached hydrogen (secondary N) is 1. The summed E-state index contributed by atoms with van der Waals surface area (Å²) in [5, 5.41) is 2.98. The van der Waals surface area contributed by atoms with Crippen LogP contribution in [0.4, 0.5) is 4.39 Å². The molecule has 2 saturated heterocycles. The molecule has 2 aromatic rings. The van der Waals surface area contributed by atoms with E-state index in [0.29, 0.717) is 26.1 Å². The van der Waals surface area contributed by atoms with Gasteiger partial charge in [0.15, 0.2) is 0 Å². The van der Waals surface area contributed by atoms with Crippen LogP contribution in [0.1, 0.15) is 49.1 Å². The Morgan fingerprint density at radius 1 is 1.17 bits per heavy atom. The van der Waals surface area contributed by atoms with E-state index in [1.54, 1.807) is 0 Å². The van der Waals surface area contributed by atoms with E-state index >= 15 is 0 Å². The lowest BCUT2D eigenvalue weighted by molar-refractivity contribution is -0.136. The van der Waals surface area contributed by atoms with Gasteiger partial charge >= 0.3 is 0 Å². The monoisotopic (exact) mass is 472 g/mol. The van der Waals surface area contributed by atoms with Crippen LogP contribution in [0, 0.1) is 11.2 Å². The first kappa shape index (κ1) is 21.0. The van der Waals surface area contributed by atoms with Crippen molar-refractivity contribution in [3.8, 4) is 0 Å². The van der Waals surface area contributed by atoms with Gasteiger partial charge in [0.25, 0.3) is 0 Å².